The third-order valence-electron chi connectivity index (χ3n) is 2.86. The fraction of sp³-hybridized carbons (Fsp3) is 0. The summed E-state index contributed by atoms with van der Waals surface area (Å²) in [6.07, 6.45) is 3.57. The lowest BCUT2D eigenvalue weighted by molar-refractivity contribution is -0.113. The van der Waals surface area contributed by atoms with Gasteiger partial charge in [0, 0.05) is 11.9 Å². The summed E-state index contributed by atoms with van der Waals surface area (Å²) in [5.74, 6) is -0.169. The molecule has 1 aliphatic rings. The van der Waals surface area contributed by atoms with Gasteiger partial charge in [0.25, 0.3) is 5.91 Å². The number of carbonyl (C=O) groups excluding carboxylic acids is 1. The Morgan fingerprint density at radius 2 is 2.05 bits per heavy atom. The average molecular weight is 355 g/mol. The van der Waals surface area contributed by atoms with Gasteiger partial charge in [-0.25, -0.2) is 0 Å². The van der Waals surface area contributed by atoms with Crippen LogP contribution in [0.25, 0.3) is 6.08 Å². The van der Waals surface area contributed by atoms with E-state index in [9.17, 15) is 4.79 Å². The molecule has 1 fully saturated rings. The van der Waals surface area contributed by atoms with Crippen molar-refractivity contribution in [2.75, 3.05) is 4.90 Å². The minimum atomic E-state index is -0.169. The van der Waals surface area contributed by atoms with Crippen molar-refractivity contribution < 1.29 is 4.79 Å². The molecule has 1 amide bonds. The summed E-state index contributed by atoms with van der Waals surface area (Å²) in [5.41, 5.74) is 1.46. The fourth-order valence-corrected chi connectivity index (χ4v) is 3.47. The summed E-state index contributed by atoms with van der Waals surface area (Å²) >= 11 is 18.4. The summed E-state index contributed by atoms with van der Waals surface area (Å²) in [6.45, 7) is 0. The van der Waals surface area contributed by atoms with Crippen LogP contribution in [0.15, 0.2) is 41.4 Å². The van der Waals surface area contributed by atoms with Crippen LogP contribution in [0.2, 0.25) is 10.0 Å². The van der Waals surface area contributed by atoms with Gasteiger partial charge in [0.1, 0.15) is 0 Å². The van der Waals surface area contributed by atoms with E-state index < -0.39 is 0 Å². The number of amides is 1. The van der Waals surface area contributed by atoms with E-state index in [1.54, 1.807) is 30.5 Å². The summed E-state index contributed by atoms with van der Waals surface area (Å²) < 4.78 is 0.469. The molecule has 0 saturated carbocycles. The zero-order valence-electron chi connectivity index (χ0n) is 10.5. The molecule has 0 spiro atoms. The third-order valence-corrected chi connectivity index (χ3v) is 4.90. The summed E-state index contributed by atoms with van der Waals surface area (Å²) in [6, 6.07) is 8.74. The Labute approximate surface area is 140 Å². The molecule has 106 valence electrons. The molecule has 7 heteroatoms. The maximum absolute atomic E-state index is 12.5. The van der Waals surface area contributed by atoms with Gasteiger partial charge in [0.05, 0.1) is 20.6 Å². The summed E-state index contributed by atoms with van der Waals surface area (Å²) in [4.78, 5) is 17.5. The van der Waals surface area contributed by atoms with Gasteiger partial charge in [-0.05, 0) is 36.4 Å². The van der Waals surface area contributed by atoms with Crippen molar-refractivity contribution in [1.29, 1.82) is 0 Å². The molecular formula is C14H8Cl2N2OS2. The fourth-order valence-electron chi connectivity index (χ4n) is 1.89. The van der Waals surface area contributed by atoms with Crippen molar-refractivity contribution in [1.82, 2.24) is 4.98 Å². The smallest absolute Gasteiger partial charge is 0.270 e. The first-order valence-corrected chi connectivity index (χ1v) is 7.91. The number of benzene rings is 1. The highest BCUT2D eigenvalue weighted by molar-refractivity contribution is 8.27. The van der Waals surface area contributed by atoms with Gasteiger partial charge in [-0.3, -0.25) is 9.69 Å². The Balaban J connectivity index is 1.95. The van der Waals surface area contributed by atoms with Crippen molar-refractivity contribution in [3.63, 3.8) is 0 Å². The van der Waals surface area contributed by atoms with Crippen LogP contribution in [-0.4, -0.2) is 15.2 Å². The lowest BCUT2D eigenvalue weighted by Crippen LogP contribution is -2.27. The number of thioether (sulfide) groups is 1. The normalized spacial score (nSPS) is 17.0. The molecule has 1 aromatic carbocycles. The Morgan fingerprint density at radius 3 is 2.71 bits per heavy atom. The molecule has 1 N–H and O–H groups in total. The first kappa shape index (κ1) is 14.7. The number of halogens is 2. The van der Waals surface area contributed by atoms with Gasteiger partial charge in [-0.15, -0.1) is 0 Å². The zero-order valence-corrected chi connectivity index (χ0v) is 13.6. The summed E-state index contributed by atoms with van der Waals surface area (Å²) in [5, 5.41) is 0.823. The molecule has 0 atom stereocenters. The van der Waals surface area contributed by atoms with Gasteiger partial charge in [-0.1, -0.05) is 47.2 Å². The zero-order chi connectivity index (χ0) is 15.0. The molecule has 21 heavy (non-hydrogen) atoms. The lowest BCUT2D eigenvalue weighted by atomic mass is 10.3. The SMILES string of the molecule is O=C1/C(=C\c2ccc[nH]2)SC(=S)N1c1ccc(Cl)c(Cl)c1. The van der Waals surface area contributed by atoms with Crippen molar-refractivity contribution in [2.45, 2.75) is 0 Å². The Bertz CT molecular complexity index is 756. The van der Waals surface area contributed by atoms with Crippen LogP contribution in [0.1, 0.15) is 5.69 Å². The molecule has 0 bridgehead atoms. The Hall–Kier alpha value is -1.27. The van der Waals surface area contributed by atoms with Gasteiger partial charge in [0.15, 0.2) is 4.32 Å². The number of hydrogen-bond donors (Lipinski definition) is 1. The molecule has 3 rings (SSSR count). The van der Waals surface area contributed by atoms with E-state index in [-0.39, 0.29) is 5.91 Å². The first-order valence-electron chi connectivity index (χ1n) is 5.92. The van der Waals surface area contributed by atoms with Crippen LogP contribution >= 0.6 is 47.2 Å². The van der Waals surface area contributed by atoms with Crippen molar-refractivity contribution >= 4 is 69.2 Å². The van der Waals surface area contributed by atoms with Crippen LogP contribution in [0.3, 0.4) is 0 Å². The van der Waals surface area contributed by atoms with Crippen LogP contribution in [0.5, 0.6) is 0 Å². The minimum Gasteiger partial charge on any atom is -0.362 e. The first-order chi connectivity index (χ1) is 10.1. The van der Waals surface area contributed by atoms with E-state index in [1.807, 2.05) is 12.1 Å². The summed E-state index contributed by atoms with van der Waals surface area (Å²) in [7, 11) is 0. The molecular weight excluding hydrogens is 347 g/mol. The highest BCUT2D eigenvalue weighted by atomic mass is 35.5. The minimum absolute atomic E-state index is 0.169. The Morgan fingerprint density at radius 1 is 1.24 bits per heavy atom. The molecule has 2 heterocycles. The number of aromatic nitrogens is 1. The predicted molar refractivity (Wildman–Crippen MR) is 92.9 cm³/mol. The van der Waals surface area contributed by atoms with Crippen LogP contribution in [0, 0.1) is 0 Å². The van der Waals surface area contributed by atoms with Gasteiger partial charge >= 0.3 is 0 Å². The monoisotopic (exact) mass is 354 g/mol. The van der Waals surface area contributed by atoms with Crippen molar-refractivity contribution in [3.8, 4) is 0 Å². The van der Waals surface area contributed by atoms with Crippen molar-refractivity contribution in [3.05, 3.63) is 57.2 Å². The topological polar surface area (TPSA) is 36.1 Å². The second-order valence-corrected chi connectivity index (χ2v) is 6.73. The molecule has 1 aromatic heterocycles. The number of thiocarbonyl (C=S) groups is 1. The average Bonchev–Trinajstić information content (AvgIpc) is 3.03. The highest BCUT2D eigenvalue weighted by Crippen LogP contribution is 2.37. The van der Waals surface area contributed by atoms with E-state index in [2.05, 4.69) is 4.98 Å². The maximum Gasteiger partial charge on any atom is 0.270 e. The number of carbonyl (C=O) groups is 1. The van der Waals surface area contributed by atoms with Gasteiger partial charge in [0.2, 0.25) is 0 Å². The second-order valence-electron chi connectivity index (χ2n) is 4.24. The predicted octanol–water partition coefficient (Wildman–Crippen LogP) is 4.73. The second kappa shape index (κ2) is 5.85. The standard InChI is InChI=1S/C14H8Cl2N2OS2/c15-10-4-3-9(7-11(10)16)18-13(19)12(21-14(18)20)6-8-2-1-5-17-8/h1-7,17H/b12-6+. The van der Waals surface area contributed by atoms with Crippen molar-refractivity contribution in [2.24, 2.45) is 0 Å². The van der Waals surface area contributed by atoms with E-state index >= 15 is 0 Å². The quantitative estimate of drug-likeness (QED) is 0.625. The van der Waals surface area contributed by atoms with E-state index in [4.69, 9.17) is 35.4 Å². The van der Waals surface area contributed by atoms with Crippen LogP contribution < -0.4 is 4.90 Å². The van der Waals surface area contributed by atoms with Crippen LogP contribution in [-0.2, 0) is 4.79 Å². The number of rotatable bonds is 2. The Kier molecular flexibility index (Phi) is 4.08. The molecule has 0 radical (unpaired) electrons. The van der Waals surface area contributed by atoms with Gasteiger partial charge < -0.3 is 4.98 Å². The highest BCUT2D eigenvalue weighted by Gasteiger charge is 2.33. The number of nitrogens with zero attached hydrogens (tertiary/aromatic N) is 1. The van der Waals surface area contributed by atoms with E-state index in [0.29, 0.717) is 25.0 Å². The number of nitrogens with one attached hydrogen (secondary N) is 1. The molecule has 1 aliphatic heterocycles. The number of aromatic amines is 1. The molecule has 1 saturated heterocycles. The number of hydrogen-bond acceptors (Lipinski definition) is 3. The van der Waals surface area contributed by atoms with Crippen LogP contribution in [0.4, 0.5) is 5.69 Å². The van der Waals surface area contributed by atoms with E-state index in [0.717, 1.165) is 5.69 Å². The maximum atomic E-state index is 12.5. The molecule has 2 aromatic rings. The molecule has 0 unspecified atom stereocenters. The number of H-pyrrole nitrogens is 1. The third kappa shape index (κ3) is 2.87. The largest absolute Gasteiger partial charge is 0.362 e. The van der Waals surface area contributed by atoms with Gasteiger partial charge in [-0.2, -0.15) is 0 Å². The molecule has 0 aliphatic carbocycles. The lowest BCUT2D eigenvalue weighted by Gasteiger charge is -2.15. The number of anilines is 1. The van der Waals surface area contributed by atoms with E-state index in [1.165, 1.54) is 16.7 Å². The molecule has 3 nitrogen and oxygen atoms in total.